The Morgan fingerprint density at radius 2 is 1.84 bits per heavy atom. The molecule has 2 N–H and O–H groups in total. The van der Waals surface area contributed by atoms with Crippen molar-refractivity contribution < 1.29 is 22.7 Å². The smallest absolute Gasteiger partial charge is 0.416 e. The van der Waals surface area contributed by atoms with E-state index in [0.29, 0.717) is 36.6 Å². The molecule has 3 aromatic rings. The van der Waals surface area contributed by atoms with Crippen molar-refractivity contribution >= 4 is 17.8 Å². The number of alkyl halides is 3. The summed E-state index contributed by atoms with van der Waals surface area (Å²) in [5, 5.41) is 5.63. The maximum Gasteiger partial charge on any atom is 0.416 e. The number of hydrogen-bond acceptors (Lipinski definition) is 7. The van der Waals surface area contributed by atoms with E-state index in [-0.39, 0.29) is 30.4 Å². The Morgan fingerprint density at radius 1 is 1.08 bits per heavy atom. The Kier molecular flexibility index (Phi) is 8.10. The van der Waals surface area contributed by atoms with Gasteiger partial charge in [-0.3, -0.25) is 4.79 Å². The molecule has 1 amide bonds. The highest BCUT2D eigenvalue weighted by molar-refractivity contribution is 5.76. The van der Waals surface area contributed by atoms with E-state index in [9.17, 15) is 18.0 Å². The minimum absolute atomic E-state index is 0.0557. The summed E-state index contributed by atoms with van der Waals surface area (Å²) < 4.78 is 44.9. The molecule has 0 unspecified atom stereocenters. The van der Waals surface area contributed by atoms with Crippen molar-refractivity contribution in [3.63, 3.8) is 0 Å². The molecule has 4 rings (SSSR count). The molecule has 11 heteroatoms. The molecule has 2 heterocycles. The van der Waals surface area contributed by atoms with E-state index in [0.717, 1.165) is 24.5 Å². The highest BCUT2D eigenvalue weighted by Crippen LogP contribution is 2.32. The average molecular weight is 515 g/mol. The summed E-state index contributed by atoms with van der Waals surface area (Å²) >= 11 is 0. The first-order valence-corrected chi connectivity index (χ1v) is 12.0. The number of nitrogens with zero attached hydrogens (tertiary/aromatic N) is 4. The number of amides is 1. The summed E-state index contributed by atoms with van der Waals surface area (Å²) in [5.41, 5.74) is 0.133. The number of aromatic nitrogens is 3. The van der Waals surface area contributed by atoms with Crippen LogP contribution in [0.3, 0.4) is 0 Å². The molecular formula is C26H29F3N6O2. The Hall–Kier alpha value is -3.89. The van der Waals surface area contributed by atoms with E-state index in [1.807, 2.05) is 24.3 Å². The predicted octanol–water partition coefficient (Wildman–Crippen LogP) is 4.53. The first kappa shape index (κ1) is 26.2. The standard InChI is InChI=1S/C26H29F3N6O2/c1-30-24-32-23(18-7-5-8-20(15-18)37-2)33-25(34-24)35-12-10-17(11-13-35)14-22(36)31-16-19-6-3-4-9-21(19)26(27,28)29/h3-9,15,17H,10-14,16H2,1-2H3,(H,31,36)(H,30,32,33,34). The van der Waals surface area contributed by atoms with Crippen molar-refractivity contribution in [3.05, 3.63) is 59.7 Å². The fraction of sp³-hybridized carbons (Fsp3) is 0.385. The lowest BCUT2D eigenvalue weighted by Gasteiger charge is -2.32. The minimum Gasteiger partial charge on any atom is -0.497 e. The van der Waals surface area contributed by atoms with E-state index in [2.05, 4.69) is 30.5 Å². The van der Waals surface area contributed by atoms with Crippen LogP contribution >= 0.6 is 0 Å². The predicted molar refractivity (Wildman–Crippen MR) is 134 cm³/mol. The topological polar surface area (TPSA) is 92.3 Å². The number of ether oxygens (including phenoxy) is 1. The summed E-state index contributed by atoms with van der Waals surface area (Å²) in [4.78, 5) is 28.2. The second kappa shape index (κ2) is 11.4. The fourth-order valence-corrected chi connectivity index (χ4v) is 4.33. The van der Waals surface area contributed by atoms with Gasteiger partial charge in [-0.05, 0) is 42.5 Å². The lowest BCUT2D eigenvalue weighted by atomic mass is 9.93. The van der Waals surface area contributed by atoms with Gasteiger partial charge in [-0.15, -0.1) is 0 Å². The second-order valence-electron chi connectivity index (χ2n) is 8.83. The largest absolute Gasteiger partial charge is 0.497 e. The fourth-order valence-electron chi connectivity index (χ4n) is 4.33. The summed E-state index contributed by atoms with van der Waals surface area (Å²) in [5.74, 6) is 2.08. The molecule has 1 aromatic heterocycles. The molecule has 0 spiro atoms. The average Bonchev–Trinajstić information content (AvgIpc) is 2.91. The maximum atomic E-state index is 13.2. The van der Waals surface area contributed by atoms with Crippen LogP contribution in [0.25, 0.3) is 11.4 Å². The van der Waals surface area contributed by atoms with Gasteiger partial charge in [0.25, 0.3) is 0 Å². The number of hydrogen-bond donors (Lipinski definition) is 2. The summed E-state index contributed by atoms with van der Waals surface area (Å²) in [6, 6.07) is 12.8. The van der Waals surface area contributed by atoms with Crippen molar-refractivity contribution in [1.29, 1.82) is 0 Å². The van der Waals surface area contributed by atoms with Crippen LogP contribution in [0.5, 0.6) is 5.75 Å². The number of nitrogens with one attached hydrogen (secondary N) is 2. The third kappa shape index (κ3) is 6.66. The van der Waals surface area contributed by atoms with Crippen molar-refractivity contribution in [2.45, 2.75) is 32.0 Å². The number of rotatable bonds is 8. The van der Waals surface area contributed by atoms with Gasteiger partial charge in [0, 0.05) is 38.7 Å². The number of benzene rings is 2. The van der Waals surface area contributed by atoms with Gasteiger partial charge in [-0.25, -0.2) is 0 Å². The molecule has 1 fully saturated rings. The first-order valence-electron chi connectivity index (χ1n) is 12.0. The zero-order valence-electron chi connectivity index (χ0n) is 20.7. The zero-order valence-corrected chi connectivity index (χ0v) is 20.7. The lowest BCUT2D eigenvalue weighted by Crippen LogP contribution is -2.37. The van der Waals surface area contributed by atoms with E-state index in [1.54, 1.807) is 14.2 Å². The Morgan fingerprint density at radius 3 is 2.54 bits per heavy atom. The third-order valence-corrected chi connectivity index (χ3v) is 6.35. The highest BCUT2D eigenvalue weighted by Gasteiger charge is 2.33. The molecule has 2 aromatic carbocycles. The van der Waals surface area contributed by atoms with E-state index in [4.69, 9.17) is 4.74 Å². The van der Waals surface area contributed by atoms with Crippen LogP contribution in [-0.4, -0.2) is 48.1 Å². The molecule has 196 valence electrons. The number of methoxy groups -OCH3 is 1. The SMILES string of the molecule is CNc1nc(-c2cccc(OC)c2)nc(N2CCC(CC(=O)NCc3ccccc3C(F)(F)F)CC2)n1. The highest BCUT2D eigenvalue weighted by atomic mass is 19.4. The van der Waals surface area contributed by atoms with Crippen LogP contribution in [0.15, 0.2) is 48.5 Å². The van der Waals surface area contributed by atoms with Crippen molar-refractivity contribution in [2.24, 2.45) is 5.92 Å². The van der Waals surface area contributed by atoms with Crippen LogP contribution in [0.4, 0.5) is 25.1 Å². The van der Waals surface area contributed by atoms with Gasteiger partial charge in [0.15, 0.2) is 5.82 Å². The molecule has 0 bridgehead atoms. The second-order valence-corrected chi connectivity index (χ2v) is 8.83. The maximum absolute atomic E-state index is 13.2. The number of carbonyl (C=O) groups is 1. The quantitative estimate of drug-likeness (QED) is 0.456. The van der Waals surface area contributed by atoms with Crippen molar-refractivity contribution in [2.75, 3.05) is 37.5 Å². The van der Waals surface area contributed by atoms with Crippen LogP contribution in [0.2, 0.25) is 0 Å². The molecular weight excluding hydrogens is 485 g/mol. The van der Waals surface area contributed by atoms with Gasteiger partial charge >= 0.3 is 6.18 Å². The molecule has 0 aliphatic carbocycles. The van der Waals surface area contributed by atoms with E-state index < -0.39 is 11.7 Å². The van der Waals surface area contributed by atoms with Crippen LogP contribution in [-0.2, 0) is 17.5 Å². The van der Waals surface area contributed by atoms with Gasteiger partial charge in [0.05, 0.1) is 12.7 Å². The molecule has 0 atom stereocenters. The molecule has 37 heavy (non-hydrogen) atoms. The number of carbonyl (C=O) groups excluding carboxylic acids is 1. The Bertz CT molecular complexity index is 1230. The minimum atomic E-state index is -4.46. The van der Waals surface area contributed by atoms with Gasteiger partial charge < -0.3 is 20.3 Å². The van der Waals surface area contributed by atoms with Gasteiger partial charge in [0.1, 0.15) is 5.75 Å². The number of piperidine rings is 1. The normalized spacial score (nSPS) is 14.4. The molecule has 0 radical (unpaired) electrons. The Labute approximate surface area is 213 Å². The molecule has 1 aliphatic rings. The van der Waals surface area contributed by atoms with Gasteiger partial charge in [-0.1, -0.05) is 30.3 Å². The monoisotopic (exact) mass is 514 g/mol. The number of halogens is 3. The lowest BCUT2D eigenvalue weighted by molar-refractivity contribution is -0.138. The van der Waals surface area contributed by atoms with Gasteiger partial charge in [0.2, 0.25) is 17.8 Å². The number of anilines is 2. The van der Waals surface area contributed by atoms with E-state index in [1.165, 1.54) is 18.2 Å². The molecule has 0 saturated carbocycles. The van der Waals surface area contributed by atoms with Crippen molar-refractivity contribution in [1.82, 2.24) is 20.3 Å². The third-order valence-electron chi connectivity index (χ3n) is 6.35. The van der Waals surface area contributed by atoms with Crippen LogP contribution in [0, 0.1) is 5.92 Å². The Balaban J connectivity index is 1.35. The summed E-state index contributed by atoms with van der Waals surface area (Å²) in [6.45, 7) is 1.15. The van der Waals surface area contributed by atoms with Crippen LogP contribution < -0.4 is 20.3 Å². The van der Waals surface area contributed by atoms with Crippen LogP contribution in [0.1, 0.15) is 30.4 Å². The van der Waals surface area contributed by atoms with Gasteiger partial charge in [-0.2, -0.15) is 28.1 Å². The molecule has 1 aliphatic heterocycles. The zero-order chi connectivity index (χ0) is 26.4. The summed E-state index contributed by atoms with van der Waals surface area (Å²) in [6.07, 6.45) is -2.72. The van der Waals surface area contributed by atoms with E-state index >= 15 is 0 Å². The molecule has 8 nitrogen and oxygen atoms in total. The van der Waals surface area contributed by atoms with Crippen molar-refractivity contribution in [3.8, 4) is 17.1 Å². The first-order chi connectivity index (χ1) is 17.8. The molecule has 1 saturated heterocycles. The summed E-state index contributed by atoms with van der Waals surface area (Å²) in [7, 11) is 3.34.